The number of nitrogens with zero attached hydrogens (tertiary/aromatic N) is 2. The molecule has 2 unspecified atom stereocenters. The van der Waals surface area contributed by atoms with Gasteiger partial charge in [-0.05, 0) is 32.1 Å². The first-order valence-electron chi connectivity index (χ1n) is 6.24. The van der Waals surface area contributed by atoms with Crippen LogP contribution in [0.3, 0.4) is 0 Å². The van der Waals surface area contributed by atoms with Crippen molar-refractivity contribution in [2.75, 3.05) is 0 Å². The van der Waals surface area contributed by atoms with Gasteiger partial charge in [0.2, 0.25) is 0 Å². The molecule has 1 aromatic heterocycles. The van der Waals surface area contributed by atoms with E-state index in [0.29, 0.717) is 6.04 Å². The molecule has 2 fully saturated rings. The average molecular weight is 203 g/mol. The van der Waals surface area contributed by atoms with E-state index >= 15 is 0 Å². The van der Waals surface area contributed by atoms with E-state index < -0.39 is 0 Å². The van der Waals surface area contributed by atoms with E-state index in [1.165, 1.54) is 44.1 Å². The Morgan fingerprint density at radius 2 is 2.20 bits per heavy atom. The van der Waals surface area contributed by atoms with E-state index in [9.17, 15) is 0 Å². The third-order valence-corrected chi connectivity index (χ3v) is 4.41. The zero-order valence-corrected chi connectivity index (χ0v) is 8.95. The van der Waals surface area contributed by atoms with Crippen molar-refractivity contribution in [2.45, 2.75) is 56.7 Å². The third kappa shape index (κ3) is 1.07. The second-order valence-electron chi connectivity index (χ2n) is 5.27. The highest BCUT2D eigenvalue weighted by Crippen LogP contribution is 2.39. The van der Waals surface area contributed by atoms with Gasteiger partial charge in [-0.3, -0.25) is 4.68 Å². The molecule has 1 aliphatic carbocycles. The molecule has 1 aromatic rings. The topological polar surface area (TPSA) is 29.9 Å². The number of aromatic nitrogens is 2. The van der Waals surface area contributed by atoms with Crippen molar-refractivity contribution < 1.29 is 0 Å². The monoisotopic (exact) mass is 203 g/mol. The molecule has 0 amide bonds. The number of nitrogens with one attached hydrogen (secondary N) is 1. The molecular formula is C12H17N3. The Labute approximate surface area is 89.9 Å². The average Bonchev–Trinajstić information content (AvgIpc) is 2.72. The molecule has 1 N–H and O–H groups in total. The summed E-state index contributed by atoms with van der Waals surface area (Å²) < 4.78 is 2.34. The molecule has 0 spiro atoms. The van der Waals surface area contributed by atoms with Crippen LogP contribution >= 0.6 is 0 Å². The highest BCUT2D eigenvalue weighted by Gasteiger charge is 2.36. The second kappa shape index (κ2) is 2.85. The Hall–Kier alpha value is -0.830. The fraction of sp³-hybridized carbons (Fsp3) is 0.750. The van der Waals surface area contributed by atoms with Gasteiger partial charge in [0.05, 0.1) is 12.2 Å². The van der Waals surface area contributed by atoms with E-state index in [0.717, 1.165) is 12.1 Å². The summed E-state index contributed by atoms with van der Waals surface area (Å²) in [4.78, 5) is 0. The Balaban J connectivity index is 1.77. The van der Waals surface area contributed by atoms with Gasteiger partial charge in [-0.15, -0.1) is 0 Å². The summed E-state index contributed by atoms with van der Waals surface area (Å²) in [7, 11) is 0. The molecule has 2 aliphatic heterocycles. The van der Waals surface area contributed by atoms with Crippen LogP contribution in [-0.4, -0.2) is 15.8 Å². The van der Waals surface area contributed by atoms with Gasteiger partial charge in [-0.1, -0.05) is 0 Å². The highest BCUT2D eigenvalue weighted by molar-refractivity contribution is 5.29. The van der Waals surface area contributed by atoms with Crippen molar-refractivity contribution >= 4 is 0 Å². The molecule has 3 nitrogen and oxygen atoms in total. The third-order valence-electron chi connectivity index (χ3n) is 4.41. The van der Waals surface area contributed by atoms with Crippen LogP contribution in [0.4, 0.5) is 0 Å². The van der Waals surface area contributed by atoms with Gasteiger partial charge in [0.25, 0.3) is 0 Å². The first-order chi connectivity index (χ1) is 7.42. The minimum atomic E-state index is 0.618. The predicted molar refractivity (Wildman–Crippen MR) is 57.7 cm³/mol. The maximum absolute atomic E-state index is 4.62. The van der Waals surface area contributed by atoms with Crippen LogP contribution in [-0.2, 0) is 6.42 Å². The van der Waals surface area contributed by atoms with Crippen LogP contribution in [0.25, 0.3) is 0 Å². The first-order valence-corrected chi connectivity index (χ1v) is 6.24. The summed E-state index contributed by atoms with van der Waals surface area (Å²) >= 11 is 0. The van der Waals surface area contributed by atoms with E-state index in [1.54, 1.807) is 5.69 Å². The molecule has 15 heavy (non-hydrogen) atoms. The standard InChI is InChI=1S/C12H17N3/c1-2-9(3-1)15-12-6-8-4-5-11(14-8)10(12)7-13-15/h7-9,11,14H,1-6H2. The molecule has 3 heteroatoms. The Bertz CT molecular complexity index is 392. The van der Waals surface area contributed by atoms with Gasteiger partial charge in [-0.2, -0.15) is 5.10 Å². The van der Waals surface area contributed by atoms with Crippen LogP contribution < -0.4 is 5.32 Å². The lowest BCUT2D eigenvalue weighted by atomic mass is 9.92. The van der Waals surface area contributed by atoms with Crippen molar-refractivity contribution in [1.29, 1.82) is 0 Å². The molecule has 1 saturated carbocycles. The van der Waals surface area contributed by atoms with Crippen LogP contribution in [0.15, 0.2) is 6.20 Å². The fourth-order valence-electron chi connectivity index (χ4n) is 3.31. The number of hydrogen-bond acceptors (Lipinski definition) is 2. The van der Waals surface area contributed by atoms with Crippen LogP contribution in [0.1, 0.15) is 55.4 Å². The minimum absolute atomic E-state index is 0.618. The zero-order chi connectivity index (χ0) is 9.83. The predicted octanol–water partition coefficient (Wildman–Crippen LogP) is 1.96. The highest BCUT2D eigenvalue weighted by atomic mass is 15.3. The molecule has 3 heterocycles. The van der Waals surface area contributed by atoms with E-state index in [2.05, 4.69) is 21.3 Å². The van der Waals surface area contributed by atoms with Crippen molar-refractivity contribution in [2.24, 2.45) is 0 Å². The molecule has 0 aromatic carbocycles. The summed E-state index contributed by atoms with van der Waals surface area (Å²) in [6, 6.07) is 2.08. The van der Waals surface area contributed by atoms with E-state index in [4.69, 9.17) is 0 Å². The lowest BCUT2D eigenvalue weighted by molar-refractivity contribution is 0.278. The Morgan fingerprint density at radius 3 is 3.00 bits per heavy atom. The van der Waals surface area contributed by atoms with Crippen LogP contribution in [0.2, 0.25) is 0 Å². The first kappa shape index (κ1) is 8.34. The number of hydrogen-bond donors (Lipinski definition) is 1. The number of rotatable bonds is 1. The van der Waals surface area contributed by atoms with Gasteiger partial charge < -0.3 is 5.32 Å². The van der Waals surface area contributed by atoms with Crippen LogP contribution in [0.5, 0.6) is 0 Å². The molecule has 1 saturated heterocycles. The normalized spacial score (nSPS) is 33.9. The quantitative estimate of drug-likeness (QED) is 0.756. The molecule has 80 valence electrons. The lowest BCUT2D eigenvalue weighted by Crippen LogP contribution is -2.33. The van der Waals surface area contributed by atoms with Gasteiger partial charge >= 0.3 is 0 Å². The second-order valence-corrected chi connectivity index (χ2v) is 5.27. The summed E-state index contributed by atoms with van der Waals surface area (Å²) in [6.45, 7) is 0. The van der Waals surface area contributed by atoms with E-state index in [-0.39, 0.29) is 0 Å². The van der Waals surface area contributed by atoms with Crippen LogP contribution in [0, 0.1) is 0 Å². The van der Waals surface area contributed by atoms with Gasteiger partial charge in [0.15, 0.2) is 0 Å². The maximum Gasteiger partial charge on any atom is 0.0540 e. The number of fused-ring (bicyclic) bond motifs is 4. The molecular weight excluding hydrogens is 186 g/mol. The largest absolute Gasteiger partial charge is 0.307 e. The fourth-order valence-corrected chi connectivity index (χ4v) is 3.31. The molecule has 2 atom stereocenters. The van der Waals surface area contributed by atoms with Crippen molar-refractivity contribution in [1.82, 2.24) is 15.1 Å². The molecule has 2 bridgehead atoms. The summed E-state index contributed by atoms with van der Waals surface area (Å²) in [5, 5.41) is 8.30. The van der Waals surface area contributed by atoms with Crippen molar-refractivity contribution in [3.8, 4) is 0 Å². The Kier molecular flexibility index (Phi) is 1.58. The summed E-state index contributed by atoms with van der Waals surface area (Å²) in [6.07, 6.45) is 10.1. The maximum atomic E-state index is 4.62. The van der Waals surface area contributed by atoms with Crippen molar-refractivity contribution in [3.05, 3.63) is 17.5 Å². The van der Waals surface area contributed by atoms with Gasteiger partial charge in [0.1, 0.15) is 0 Å². The van der Waals surface area contributed by atoms with Gasteiger partial charge in [-0.25, -0.2) is 0 Å². The minimum Gasteiger partial charge on any atom is -0.307 e. The van der Waals surface area contributed by atoms with E-state index in [1.807, 2.05) is 0 Å². The SMILES string of the molecule is c1nn(C2CCC2)c2c1C1CCC(C2)N1. The summed E-state index contributed by atoms with van der Waals surface area (Å²) in [5.74, 6) is 0. The molecule has 4 rings (SSSR count). The Morgan fingerprint density at radius 1 is 1.27 bits per heavy atom. The van der Waals surface area contributed by atoms with Crippen molar-refractivity contribution in [3.63, 3.8) is 0 Å². The van der Waals surface area contributed by atoms with Gasteiger partial charge in [0, 0.05) is 29.8 Å². The lowest BCUT2D eigenvalue weighted by Gasteiger charge is -2.30. The summed E-state index contributed by atoms with van der Waals surface area (Å²) in [5.41, 5.74) is 3.04. The smallest absolute Gasteiger partial charge is 0.0540 e. The molecule has 3 aliphatic rings. The zero-order valence-electron chi connectivity index (χ0n) is 8.95. The molecule has 0 radical (unpaired) electrons.